The number of ether oxygens (including phenoxy) is 2. The lowest BCUT2D eigenvalue weighted by Crippen LogP contribution is -2.08. The lowest BCUT2D eigenvalue weighted by atomic mass is 10.7. The summed E-state index contributed by atoms with van der Waals surface area (Å²) < 4.78 is 9.99. The molecule has 0 aliphatic carbocycles. The van der Waals surface area contributed by atoms with Crippen LogP contribution < -0.4 is 0 Å². The highest BCUT2D eigenvalue weighted by molar-refractivity contribution is 7.80. The molecule has 0 unspecified atom stereocenters. The number of rotatable bonds is 6. The standard InChI is InChI=1S/C6H11N3O2S/c1-6(12)11-5-4-10-3-2-8-9-7/h2-5H2,1H3. The van der Waals surface area contributed by atoms with Gasteiger partial charge in [-0.25, -0.2) is 0 Å². The lowest BCUT2D eigenvalue weighted by molar-refractivity contribution is 0.103. The van der Waals surface area contributed by atoms with Crippen molar-refractivity contribution in [2.45, 2.75) is 6.92 Å². The van der Waals surface area contributed by atoms with Crippen molar-refractivity contribution in [1.29, 1.82) is 0 Å². The molecule has 0 saturated heterocycles. The normalized spacial score (nSPS) is 8.75. The van der Waals surface area contributed by atoms with E-state index in [4.69, 9.17) is 15.0 Å². The molecule has 0 saturated carbocycles. The van der Waals surface area contributed by atoms with Crippen molar-refractivity contribution in [2.24, 2.45) is 5.11 Å². The number of nitrogens with zero attached hydrogens (tertiary/aromatic N) is 3. The van der Waals surface area contributed by atoms with E-state index in [1.165, 1.54) is 0 Å². The smallest absolute Gasteiger partial charge is 0.156 e. The molecule has 6 heteroatoms. The third-order valence-corrected chi connectivity index (χ3v) is 1.05. The minimum atomic E-state index is 0.354. The Hall–Kier alpha value is -0.840. The molecule has 0 heterocycles. The van der Waals surface area contributed by atoms with Crippen LogP contribution in [0.15, 0.2) is 5.11 Å². The molecule has 12 heavy (non-hydrogen) atoms. The highest BCUT2D eigenvalue weighted by atomic mass is 32.1. The Morgan fingerprint density at radius 2 is 2.25 bits per heavy atom. The number of azide groups is 1. The van der Waals surface area contributed by atoms with Gasteiger partial charge < -0.3 is 9.47 Å². The quantitative estimate of drug-likeness (QED) is 0.210. The summed E-state index contributed by atoms with van der Waals surface area (Å²) in [6.45, 7) is 3.40. The fourth-order valence-electron chi connectivity index (χ4n) is 0.496. The fourth-order valence-corrected chi connectivity index (χ4v) is 0.580. The Labute approximate surface area is 76.3 Å². The lowest BCUT2D eigenvalue weighted by Gasteiger charge is -2.03. The van der Waals surface area contributed by atoms with Crippen molar-refractivity contribution in [3.63, 3.8) is 0 Å². The van der Waals surface area contributed by atoms with E-state index in [0.717, 1.165) is 0 Å². The van der Waals surface area contributed by atoms with Crippen molar-refractivity contribution >= 4 is 17.3 Å². The van der Waals surface area contributed by atoms with Crippen LogP contribution in [0.3, 0.4) is 0 Å². The summed E-state index contributed by atoms with van der Waals surface area (Å²) in [5, 5.41) is 3.80. The maximum atomic E-state index is 7.90. The zero-order chi connectivity index (χ0) is 9.23. The van der Waals surface area contributed by atoms with Gasteiger partial charge in [-0.15, -0.1) is 0 Å². The summed E-state index contributed by atoms with van der Waals surface area (Å²) in [6, 6.07) is 0. The number of hydrogen-bond acceptors (Lipinski definition) is 4. The molecular weight excluding hydrogens is 178 g/mol. The summed E-state index contributed by atoms with van der Waals surface area (Å²) in [6.07, 6.45) is 0. The van der Waals surface area contributed by atoms with Gasteiger partial charge in [0.25, 0.3) is 0 Å². The van der Waals surface area contributed by atoms with Crippen LogP contribution in [0.2, 0.25) is 0 Å². The molecule has 0 bridgehead atoms. The van der Waals surface area contributed by atoms with Crippen LogP contribution in [0.4, 0.5) is 0 Å². The molecule has 0 aromatic heterocycles. The molecule has 0 aromatic rings. The predicted molar refractivity (Wildman–Crippen MR) is 49.1 cm³/mol. The Balaban J connectivity index is 3.00. The first-order chi connectivity index (χ1) is 5.77. The molecule has 0 spiro atoms. The fraction of sp³-hybridized carbons (Fsp3) is 0.833. The Kier molecular flexibility index (Phi) is 7.68. The zero-order valence-corrected chi connectivity index (χ0v) is 7.71. The second kappa shape index (κ2) is 8.26. The second-order valence-corrected chi connectivity index (χ2v) is 2.48. The monoisotopic (exact) mass is 189 g/mol. The van der Waals surface area contributed by atoms with Gasteiger partial charge in [-0.2, -0.15) is 0 Å². The van der Waals surface area contributed by atoms with Crippen molar-refractivity contribution < 1.29 is 9.47 Å². The molecule has 0 aliphatic heterocycles. The molecule has 0 aromatic carbocycles. The van der Waals surface area contributed by atoms with E-state index in [0.29, 0.717) is 31.4 Å². The summed E-state index contributed by atoms with van der Waals surface area (Å²) in [4.78, 5) is 2.57. The maximum absolute atomic E-state index is 7.90. The van der Waals surface area contributed by atoms with E-state index in [1.807, 2.05) is 0 Å². The van der Waals surface area contributed by atoms with Crippen LogP contribution in [-0.4, -0.2) is 31.4 Å². The topological polar surface area (TPSA) is 67.2 Å². The molecule has 0 radical (unpaired) electrons. The van der Waals surface area contributed by atoms with Gasteiger partial charge >= 0.3 is 0 Å². The molecular formula is C6H11N3O2S. The van der Waals surface area contributed by atoms with Crippen molar-refractivity contribution in [1.82, 2.24) is 0 Å². The SMILES string of the molecule is CC(=S)OCCOCCN=[N+]=[N-]. The van der Waals surface area contributed by atoms with Gasteiger partial charge in [0.1, 0.15) is 6.61 Å². The van der Waals surface area contributed by atoms with Crippen LogP contribution >= 0.6 is 12.2 Å². The van der Waals surface area contributed by atoms with Crippen molar-refractivity contribution in [3.8, 4) is 0 Å². The van der Waals surface area contributed by atoms with E-state index in [-0.39, 0.29) is 0 Å². The van der Waals surface area contributed by atoms with E-state index in [2.05, 4.69) is 22.2 Å². The van der Waals surface area contributed by atoms with Crippen LogP contribution in [0.5, 0.6) is 0 Å². The molecule has 0 fully saturated rings. The third kappa shape index (κ3) is 9.16. The average Bonchev–Trinajstić information content (AvgIpc) is 2.02. The Bertz CT molecular complexity index is 174. The van der Waals surface area contributed by atoms with Crippen molar-refractivity contribution in [2.75, 3.05) is 26.4 Å². The largest absolute Gasteiger partial charge is 0.485 e. The van der Waals surface area contributed by atoms with Gasteiger partial charge in [0.2, 0.25) is 0 Å². The minimum Gasteiger partial charge on any atom is -0.485 e. The molecule has 0 amide bonds. The average molecular weight is 189 g/mol. The third-order valence-electron chi connectivity index (χ3n) is 0.932. The summed E-state index contributed by atoms with van der Waals surface area (Å²) in [5.41, 5.74) is 7.90. The van der Waals surface area contributed by atoms with Crippen LogP contribution in [0, 0.1) is 0 Å². The highest BCUT2D eigenvalue weighted by Crippen LogP contribution is 1.82. The van der Waals surface area contributed by atoms with E-state index in [1.54, 1.807) is 6.92 Å². The first kappa shape index (κ1) is 11.2. The van der Waals surface area contributed by atoms with Gasteiger partial charge in [0, 0.05) is 18.4 Å². The maximum Gasteiger partial charge on any atom is 0.156 e. The molecule has 0 N–H and O–H groups in total. The molecule has 0 rings (SSSR count). The summed E-state index contributed by atoms with van der Waals surface area (Å²) in [7, 11) is 0. The van der Waals surface area contributed by atoms with Gasteiger partial charge in [-0.1, -0.05) is 5.11 Å². The minimum absolute atomic E-state index is 0.354. The summed E-state index contributed by atoms with van der Waals surface area (Å²) >= 11 is 4.67. The van der Waals surface area contributed by atoms with E-state index < -0.39 is 0 Å². The van der Waals surface area contributed by atoms with Gasteiger partial charge in [-0.05, 0) is 17.7 Å². The molecule has 0 aliphatic rings. The van der Waals surface area contributed by atoms with Gasteiger partial charge in [0.05, 0.1) is 13.2 Å². The zero-order valence-electron chi connectivity index (χ0n) is 6.89. The second-order valence-electron chi connectivity index (χ2n) is 1.91. The summed E-state index contributed by atoms with van der Waals surface area (Å²) in [5.74, 6) is 0. The first-order valence-electron chi connectivity index (χ1n) is 3.49. The first-order valence-corrected chi connectivity index (χ1v) is 3.90. The van der Waals surface area contributed by atoms with Crippen LogP contribution in [-0.2, 0) is 9.47 Å². The number of thiocarbonyl (C=S) groups is 1. The molecule has 0 atom stereocenters. The van der Waals surface area contributed by atoms with E-state index in [9.17, 15) is 0 Å². The van der Waals surface area contributed by atoms with Crippen LogP contribution in [0.25, 0.3) is 10.4 Å². The number of hydrogen-bond donors (Lipinski definition) is 0. The van der Waals surface area contributed by atoms with Crippen LogP contribution in [0.1, 0.15) is 6.92 Å². The van der Waals surface area contributed by atoms with Crippen molar-refractivity contribution in [3.05, 3.63) is 10.4 Å². The molecule has 68 valence electrons. The Morgan fingerprint density at radius 1 is 1.50 bits per heavy atom. The van der Waals surface area contributed by atoms with Gasteiger partial charge in [0.15, 0.2) is 5.05 Å². The Morgan fingerprint density at radius 3 is 2.83 bits per heavy atom. The predicted octanol–water partition coefficient (Wildman–Crippen LogP) is 1.68. The molecule has 5 nitrogen and oxygen atoms in total. The van der Waals surface area contributed by atoms with Gasteiger partial charge in [-0.3, -0.25) is 0 Å². The highest BCUT2D eigenvalue weighted by Gasteiger charge is 1.89. The van der Waals surface area contributed by atoms with E-state index >= 15 is 0 Å².